The summed E-state index contributed by atoms with van der Waals surface area (Å²) in [6, 6.07) is 8.92. The summed E-state index contributed by atoms with van der Waals surface area (Å²) in [7, 11) is 1.86. The molecule has 0 saturated carbocycles. The predicted molar refractivity (Wildman–Crippen MR) is 108 cm³/mol. The van der Waals surface area contributed by atoms with E-state index in [-0.39, 0.29) is 17.9 Å². The lowest BCUT2D eigenvalue weighted by Crippen LogP contribution is -2.37. The fourth-order valence-electron chi connectivity index (χ4n) is 3.77. The highest BCUT2D eigenvalue weighted by Crippen LogP contribution is 2.32. The van der Waals surface area contributed by atoms with Crippen LogP contribution in [0.25, 0.3) is 11.3 Å². The van der Waals surface area contributed by atoms with Crippen molar-refractivity contribution in [3.8, 4) is 11.3 Å². The van der Waals surface area contributed by atoms with Crippen LogP contribution in [0.4, 0.5) is 18.0 Å². The van der Waals surface area contributed by atoms with Crippen LogP contribution in [0, 0.1) is 17.5 Å². The zero-order valence-electron chi connectivity index (χ0n) is 16.8. The Bertz CT molecular complexity index is 1120. The smallest absolute Gasteiger partial charge is 0.342 e. The number of carbonyl (C=O) groups is 1. The van der Waals surface area contributed by atoms with Crippen LogP contribution in [0.1, 0.15) is 22.9 Å². The van der Waals surface area contributed by atoms with Gasteiger partial charge in [-0.15, -0.1) is 0 Å². The summed E-state index contributed by atoms with van der Waals surface area (Å²) in [5, 5.41) is 16.8. The Morgan fingerprint density at radius 1 is 1.16 bits per heavy atom. The topological polar surface area (TPSA) is 70.4 Å². The molecule has 0 unspecified atom stereocenters. The summed E-state index contributed by atoms with van der Waals surface area (Å²) in [6.45, 7) is 0.693. The largest absolute Gasteiger partial charge is 0.394 e. The van der Waals surface area contributed by atoms with E-state index in [9.17, 15) is 23.1 Å². The van der Waals surface area contributed by atoms with Crippen LogP contribution >= 0.6 is 0 Å². The molecule has 0 fully saturated rings. The quantitative estimate of drug-likeness (QED) is 0.624. The number of fused-ring (bicyclic) bond motifs is 1. The Hall–Kier alpha value is -3.17. The number of aliphatic hydroxyl groups excluding tert-OH is 1. The van der Waals surface area contributed by atoms with Crippen LogP contribution in [0.15, 0.2) is 42.5 Å². The molecule has 0 bridgehead atoms. The van der Waals surface area contributed by atoms with Gasteiger partial charge in [0, 0.05) is 36.7 Å². The average molecular weight is 430 g/mol. The van der Waals surface area contributed by atoms with E-state index in [4.69, 9.17) is 0 Å². The summed E-state index contributed by atoms with van der Waals surface area (Å²) in [5.41, 5.74) is 1.74. The molecule has 3 aromatic rings. The standard InChI is InChI=1S/C22H21F3N4O2/c1-28-8-7-20-15(11-28)21(14-9-17(24)18(25)10-16(14)23)27-29(20)22(31)26-19(12-30)13-5-3-2-4-6-13/h2-6,9-10,19,30H,7-8,11-12H2,1H3,(H,26,31)/t19-/m0/s1. The first kappa shape index (κ1) is 21.1. The van der Waals surface area contributed by atoms with E-state index >= 15 is 0 Å². The Kier molecular flexibility index (Phi) is 5.79. The van der Waals surface area contributed by atoms with Gasteiger partial charge in [-0.2, -0.15) is 9.78 Å². The zero-order chi connectivity index (χ0) is 22.1. The molecule has 31 heavy (non-hydrogen) atoms. The molecule has 162 valence electrons. The second kappa shape index (κ2) is 8.52. The van der Waals surface area contributed by atoms with E-state index in [0.29, 0.717) is 42.4 Å². The first-order valence-electron chi connectivity index (χ1n) is 9.80. The maximum Gasteiger partial charge on any atom is 0.342 e. The van der Waals surface area contributed by atoms with Crippen molar-refractivity contribution in [2.24, 2.45) is 0 Å². The number of likely N-dealkylation sites (N-methyl/N-ethyl adjacent to an activating group) is 1. The van der Waals surface area contributed by atoms with Crippen molar-refractivity contribution in [2.45, 2.75) is 19.0 Å². The Morgan fingerprint density at radius 2 is 1.87 bits per heavy atom. The highest BCUT2D eigenvalue weighted by molar-refractivity contribution is 5.79. The summed E-state index contributed by atoms with van der Waals surface area (Å²) < 4.78 is 42.9. The molecular weight excluding hydrogens is 409 g/mol. The molecule has 0 spiro atoms. The third kappa shape index (κ3) is 4.06. The van der Waals surface area contributed by atoms with Crippen molar-refractivity contribution in [3.63, 3.8) is 0 Å². The van der Waals surface area contributed by atoms with Gasteiger partial charge in [-0.25, -0.2) is 18.0 Å². The molecule has 0 radical (unpaired) electrons. The fraction of sp³-hybridized carbons (Fsp3) is 0.273. The normalized spacial score (nSPS) is 14.9. The number of halogens is 3. The van der Waals surface area contributed by atoms with Gasteiger partial charge in [-0.05, 0) is 18.7 Å². The third-order valence-corrected chi connectivity index (χ3v) is 5.39. The highest BCUT2D eigenvalue weighted by Gasteiger charge is 2.29. The Morgan fingerprint density at radius 3 is 2.58 bits per heavy atom. The zero-order valence-corrected chi connectivity index (χ0v) is 16.8. The minimum atomic E-state index is -1.29. The fourth-order valence-corrected chi connectivity index (χ4v) is 3.77. The van der Waals surface area contributed by atoms with Crippen LogP contribution in [0.2, 0.25) is 0 Å². The number of hydrogen-bond donors (Lipinski definition) is 2. The molecule has 2 N–H and O–H groups in total. The molecule has 1 atom stereocenters. The van der Waals surface area contributed by atoms with Gasteiger partial charge in [-0.3, -0.25) is 0 Å². The molecular formula is C22H21F3N4O2. The lowest BCUT2D eigenvalue weighted by Gasteiger charge is -2.24. The van der Waals surface area contributed by atoms with Gasteiger partial charge in [0.05, 0.1) is 18.3 Å². The van der Waals surface area contributed by atoms with Gasteiger partial charge in [0.25, 0.3) is 0 Å². The van der Waals surface area contributed by atoms with Crippen LogP contribution in [-0.4, -0.2) is 46.0 Å². The lowest BCUT2D eigenvalue weighted by molar-refractivity contribution is 0.214. The molecule has 0 saturated heterocycles. The Labute approximate surface area is 176 Å². The van der Waals surface area contributed by atoms with E-state index in [0.717, 1.165) is 10.7 Å². The molecule has 1 aromatic heterocycles. The molecule has 9 heteroatoms. The van der Waals surface area contributed by atoms with Crippen molar-refractivity contribution in [3.05, 3.63) is 76.7 Å². The minimum Gasteiger partial charge on any atom is -0.394 e. The van der Waals surface area contributed by atoms with Crippen molar-refractivity contribution in [1.29, 1.82) is 0 Å². The number of amides is 1. The summed E-state index contributed by atoms with van der Waals surface area (Å²) in [4.78, 5) is 15.0. The van der Waals surface area contributed by atoms with E-state index in [1.54, 1.807) is 24.3 Å². The van der Waals surface area contributed by atoms with E-state index < -0.39 is 29.5 Å². The number of rotatable bonds is 4. The number of hydrogen-bond acceptors (Lipinski definition) is 4. The number of benzene rings is 2. The van der Waals surface area contributed by atoms with Crippen LogP contribution in [0.3, 0.4) is 0 Å². The lowest BCUT2D eigenvalue weighted by atomic mass is 10.0. The SMILES string of the molecule is CN1CCc2c(c(-c3cc(F)c(F)cc3F)nn2C(=O)N[C@@H](CO)c2ccccc2)C1. The Balaban J connectivity index is 1.75. The second-order valence-electron chi connectivity index (χ2n) is 7.51. The van der Waals surface area contributed by atoms with Gasteiger partial charge < -0.3 is 15.3 Å². The first-order valence-corrected chi connectivity index (χ1v) is 9.80. The van der Waals surface area contributed by atoms with E-state index in [1.807, 2.05) is 18.0 Å². The van der Waals surface area contributed by atoms with Crippen molar-refractivity contribution < 1.29 is 23.1 Å². The molecule has 0 aliphatic carbocycles. The van der Waals surface area contributed by atoms with Crippen molar-refractivity contribution in [2.75, 3.05) is 20.2 Å². The molecule has 2 heterocycles. The van der Waals surface area contributed by atoms with Gasteiger partial charge in [0.2, 0.25) is 0 Å². The summed E-state index contributed by atoms with van der Waals surface area (Å²) in [6.07, 6.45) is 0.465. The maximum atomic E-state index is 14.5. The number of carbonyl (C=O) groups excluding carboxylic acids is 1. The van der Waals surface area contributed by atoms with Crippen molar-refractivity contribution in [1.82, 2.24) is 20.0 Å². The molecule has 4 rings (SSSR count). The maximum absolute atomic E-state index is 14.5. The first-order chi connectivity index (χ1) is 14.9. The minimum absolute atomic E-state index is 0.0911. The van der Waals surface area contributed by atoms with Gasteiger partial charge in [0.1, 0.15) is 11.5 Å². The number of nitrogens with one attached hydrogen (secondary N) is 1. The summed E-state index contributed by atoms with van der Waals surface area (Å²) >= 11 is 0. The van der Waals surface area contributed by atoms with Crippen molar-refractivity contribution >= 4 is 6.03 Å². The van der Waals surface area contributed by atoms with Gasteiger partial charge in [-0.1, -0.05) is 30.3 Å². The predicted octanol–water partition coefficient (Wildman–Crippen LogP) is 3.25. The monoisotopic (exact) mass is 430 g/mol. The van der Waals surface area contributed by atoms with Gasteiger partial charge >= 0.3 is 6.03 Å². The number of aliphatic hydroxyl groups is 1. The van der Waals surface area contributed by atoms with Crippen LogP contribution in [0.5, 0.6) is 0 Å². The third-order valence-electron chi connectivity index (χ3n) is 5.39. The van der Waals surface area contributed by atoms with Gasteiger partial charge in [0.15, 0.2) is 11.6 Å². The van der Waals surface area contributed by atoms with E-state index in [2.05, 4.69) is 10.4 Å². The number of aromatic nitrogens is 2. The molecule has 1 aliphatic rings. The van der Waals surface area contributed by atoms with E-state index in [1.165, 1.54) is 0 Å². The molecule has 2 aromatic carbocycles. The molecule has 1 aliphatic heterocycles. The molecule has 6 nitrogen and oxygen atoms in total. The molecule has 1 amide bonds. The highest BCUT2D eigenvalue weighted by atomic mass is 19.2. The van der Waals surface area contributed by atoms with Crippen LogP contribution < -0.4 is 5.32 Å². The second-order valence-corrected chi connectivity index (χ2v) is 7.51. The van der Waals surface area contributed by atoms with Crippen LogP contribution in [-0.2, 0) is 13.0 Å². The average Bonchev–Trinajstić information content (AvgIpc) is 3.13. The summed E-state index contributed by atoms with van der Waals surface area (Å²) in [5.74, 6) is -3.45. The number of nitrogens with zero attached hydrogens (tertiary/aromatic N) is 3.